The first-order valence-electron chi connectivity index (χ1n) is 22.0. The molecule has 0 aliphatic carbocycles. The van der Waals surface area contributed by atoms with Crippen molar-refractivity contribution < 1.29 is 42.1 Å². The van der Waals surface area contributed by atoms with Crippen LogP contribution in [0.25, 0.3) is 0 Å². The highest BCUT2D eigenvalue weighted by atomic mass is 32.2. The number of benzene rings is 1. The van der Waals surface area contributed by atoms with Crippen molar-refractivity contribution in [2.75, 3.05) is 0 Å². The Morgan fingerprint density at radius 1 is 0.343 bits per heavy atom. The molecule has 20 nitrogen and oxygen atoms in total. The lowest BCUT2D eigenvalue weighted by atomic mass is 10.2. The van der Waals surface area contributed by atoms with Gasteiger partial charge in [0.25, 0.3) is 0 Å². The second-order valence-electron chi connectivity index (χ2n) is 16.8. The van der Waals surface area contributed by atoms with Crippen LogP contribution in [0.1, 0.15) is 97.6 Å². The van der Waals surface area contributed by atoms with E-state index < -0.39 is 50.1 Å². The van der Waals surface area contributed by atoms with E-state index in [0.717, 1.165) is 5.56 Å². The third-order valence-corrected chi connectivity index (χ3v) is 15.0. The van der Waals surface area contributed by atoms with Crippen LogP contribution in [0.4, 0.5) is 0 Å². The van der Waals surface area contributed by atoms with Gasteiger partial charge in [0.15, 0.2) is 0 Å². The fourth-order valence-corrected chi connectivity index (χ4v) is 12.3. The number of hydrogen-bond donors (Lipinski definition) is 5. The van der Waals surface area contributed by atoms with E-state index >= 15 is 0 Å². The molecule has 0 unspecified atom stereocenters. The zero-order valence-corrected chi connectivity index (χ0v) is 45.4. The van der Waals surface area contributed by atoms with Gasteiger partial charge < -0.3 is 0 Å². The molecule has 4 heterocycles. The van der Waals surface area contributed by atoms with Gasteiger partial charge in [0.2, 0.25) is 50.1 Å². The molecule has 0 atom stereocenters. The van der Waals surface area contributed by atoms with Crippen LogP contribution in [0.15, 0.2) is 122 Å². The Hall–Kier alpha value is -4.70. The number of pyridine rings is 3. The van der Waals surface area contributed by atoms with E-state index in [4.69, 9.17) is 0 Å². The van der Waals surface area contributed by atoms with Crippen molar-refractivity contribution in [2.24, 2.45) is 0 Å². The lowest BCUT2D eigenvalue weighted by molar-refractivity contribution is 0.565. The van der Waals surface area contributed by atoms with Gasteiger partial charge in [-0.05, 0) is 117 Å². The number of nitrogens with one attached hydrogen (secondary N) is 5. The third-order valence-electron chi connectivity index (χ3n) is 7.42. The summed E-state index contributed by atoms with van der Waals surface area (Å²) in [5, 5.41) is 0. The zero-order valence-electron chi connectivity index (χ0n) is 41.3. The maximum absolute atomic E-state index is 11.5. The van der Waals surface area contributed by atoms with Gasteiger partial charge in [-0.25, -0.2) is 75.7 Å². The molecule has 1 aromatic carbocycles. The standard InChI is InChI=1S/C10H15NO2S.3C9H14N2O2S.C8H13N3O2S/c1-9(2)11-14(12,13)8-10-6-4-3-5-7-10;1-8(2)11-14(12,13)7-9-4-3-5-10-6-9;2*1-8(2)11-14(12,13)7-9-5-3-4-6-10-9;1-7(2)11-14(12,13)6-8-9-4-3-5-10-8/h3-7,9,11H,8H2,1-2H3;3*3-6,8,11H,7H2,1-2H3;3-5,7,11H,6H2,1-2H3. The molecule has 0 radical (unpaired) electrons. The van der Waals surface area contributed by atoms with E-state index in [2.05, 4.69) is 48.5 Å². The Kier molecular flexibility index (Phi) is 28.6. The number of rotatable bonds is 20. The second kappa shape index (κ2) is 31.6. The van der Waals surface area contributed by atoms with Crippen LogP contribution in [-0.2, 0) is 78.9 Å². The average molecular weight is 1070 g/mol. The Bertz CT molecular complexity index is 2320. The van der Waals surface area contributed by atoms with Crippen molar-refractivity contribution in [3.05, 3.63) is 150 Å². The van der Waals surface area contributed by atoms with E-state index in [0.29, 0.717) is 22.8 Å². The molecule has 0 amide bonds. The van der Waals surface area contributed by atoms with E-state index in [1.165, 1.54) is 12.4 Å². The first kappa shape index (κ1) is 63.3. The first-order valence-corrected chi connectivity index (χ1v) is 30.2. The predicted molar refractivity (Wildman–Crippen MR) is 276 cm³/mol. The van der Waals surface area contributed by atoms with Crippen LogP contribution < -0.4 is 23.6 Å². The van der Waals surface area contributed by atoms with E-state index in [1.54, 1.807) is 147 Å². The van der Waals surface area contributed by atoms with Gasteiger partial charge >= 0.3 is 0 Å². The van der Waals surface area contributed by atoms with E-state index in [1.807, 2.05) is 32.0 Å². The van der Waals surface area contributed by atoms with Crippen LogP contribution in [0.2, 0.25) is 0 Å². The zero-order chi connectivity index (χ0) is 53.0. The molecule has 390 valence electrons. The van der Waals surface area contributed by atoms with Gasteiger partial charge in [-0.15, -0.1) is 0 Å². The lowest BCUT2D eigenvalue weighted by Crippen LogP contribution is -2.31. The summed E-state index contributed by atoms with van der Waals surface area (Å²) in [5.41, 5.74) is 2.61. The van der Waals surface area contributed by atoms with Gasteiger partial charge in [0.05, 0.1) is 22.9 Å². The summed E-state index contributed by atoms with van der Waals surface area (Å²) in [4.78, 5) is 19.4. The summed E-state index contributed by atoms with van der Waals surface area (Å²) >= 11 is 0. The van der Waals surface area contributed by atoms with Crippen molar-refractivity contribution in [3.63, 3.8) is 0 Å². The fraction of sp³-hybridized carbons (Fsp3) is 0.444. The molecule has 5 aromatic rings. The average Bonchev–Trinajstić information content (AvgIpc) is 3.20. The molecule has 0 saturated carbocycles. The summed E-state index contributed by atoms with van der Waals surface area (Å²) in [6.07, 6.45) is 9.38. The van der Waals surface area contributed by atoms with Gasteiger partial charge in [0, 0.05) is 67.4 Å². The predicted octanol–water partition coefficient (Wildman–Crippen LogP) is 4.55. The smallest absolute Gasteiger partial charge is 0.219 e. The fourth-order valence-electron chi connectivity index (χ4n) is 5.43. The van der Waals surface area contributed by atoms with Crippen molar-refractivity contribution in [1.82, 2.24) is 48.5 Å². The van der Waals surface area contributed by atoms with Crippen molar-refractivity contribution >= 4 is 50.1 Å². The molecule has 0 aliphatic rings. The van der Waals surface area contributed by atoms with Crippen LogP contribution >= 0.6 is 0 Å². The molecule has 0 bridgehead atoms. The summed E-state index contributed by atoms with van der Waals surface area (Å²) in [7, 11) is -16.2. The number of sulfonamides is 5. The Labute approximate surface area is 417 Å². The summed E-state index contributed by atoms with van der Waals surface area (Å²) < 4.78 is 127. The van der Waals surface area contributed by atoms with Crippen LogP contribution in [0.5, 0.6) is 0 Å². The molecular formula is C45H70N10O10S5. The van der Waals surface area contributed by atoms with Crippen molar-refractivity contribution in [3.8, 4) is 0 Å². The van der Waals surface area contributed by atoms with Gasteiger partial charge in [-0.2, -0.15) is 0 Å². The summed E-state index contributed by atoms with van der Waals surface area (Å²) in [5.74, 6) is 0.0374. The van der Waals surface area contributed by atoms with Gasteiger partial charge in [-0.3, -0.25) is 15.0 Å². The summed E-state index contributed by atoms with van der Waals surface area (Å²) in [6, 6.07) is 24.3. The maximum atomic E-state index is 11.5. The molecular weight excluding hydrogens is 1000 g/mol. The molecule has 4 aromatic heterocycles. The van der Waals surface area contributed by atoms with E-state index in [-0.39, 0.29) is 59.0 Å². The highest BCUT2D eigenvalue weighted by molar-refractivity contribution is 7.89. The third kappa shape index (κ3) is 33.8. The SMILES string of the molecule is CC(C)NS(=O)(=O)Cc1ccccc1.CC(C)NS(=O)(=O)Cc1ccccn1.CC(C)NS(=O)(=O)Cc1ccccn1.CC(C)NS(=O)(=O)Cc1cccnc1.CC(C)NS(=O)(=O)Cc1ncccn1. The van der Waals surface area contributed by atoms with E-state index in [9.17, 15) is 42.1 Å². The van der Waals surface area contributed by atoms with Crippen LogP contribution in [0.3, 0.4) is 0 Å². The molecule has 0 fully saturated rings. The first-order chi connectivity index (χ1) is 32.5. The minimum Gasteiger partial charge on any atom is -0.264 e. The van der Waals surface area contributed by atoms with Gasteiger partial charge in [-0.1, -0.05) is 48.5 Å². The van der Waals surface area contributed by atoms with Gasteiger partial charge in [0.1, 0.15) is 23.1 Å². The van der Waals surface area contributed by atoms with Crippen molar-refractivity contribution in [2.45, 2.75) is 128 Å². The topological polar surface area (TPSA) is 295 Å². The molecule has 5 N–H and O–H groups in total. The van der Waals surface area contributed by atoms with Crippen LogP contribution in [0, 0.1) is 0 Å². The maximum Gasteiger partial charge on any atom is 0.219 e. The number of nitrogens with zero attached hydrogens (tertiary/aromatic N) is 5. The Morgan fingerprint density at radius 3 is 1.01 bits per heavy atom. The molecule has 0 spiro atoms. The monoisotopic (exact) mass is 1070 g/mol. The highest BCUT2D eigenvalue weighted by Gasteiger charge is 2.16. The normalized spacial score (nSPS) is 11.9. The summed E-state index contributed by atoms with van der Waals surface area (Å²) in [6.45, 7) is 17.9. The molecule has 0 aliphatic heterocycles. The largest absolute Gasteiger partial charge is 0.264 e. The minimum absolute atomic E-state index is 0.0149. The molecule has 25 heteroatoms. The quantitative estimate of drug-likeness (QED) is 0.0715. The highest BCUT2D eigenvalue weighted by Crippen LogP contribution is 2.06. The Balaban J connectivity index is 0.000000437. The minimum atomic E-state index is -3.31. The second-order valence-corrected chi connectivity index (χ2v) is 25.6. The number of hydrogen-bond acceptors (Lipinski definition) is 15. The number of aromatic nitrogens is 5. The Morgan fingerprint density at radius 2 is 0.671 bits per heavy atom. The lowest BCUT2D eigenvalue weighted by Gasteiger charge is -2.08. The van der Waals surface area contributed by atoms with Crippen molar-refractivity contribution in [1.29, 1.82) is 0 Å². The molecule has 5 rings (SSSR count). The van der Waals surface area contributed by atoms with Crippen LogP contribution in [-0.4, -0.2) is 97.2 Å². The molecule has 0 saturated heterocycles. The molecule has 70 heavy (non-hydrogen) atoms.